The van der Waals surface area contributed by atoms with E-state index in [1.165, 1.54) is 7.11 Å². The Balaban J connectivity index is 2.44. The van der Waals surface area contributed by atoms with Crippen molar-refractivity contribution >= 4 is 5.97 Å². The maximum atomic E-state index is 11.1. The number of likely N-dealkylation sites (N-methyl/N-ethyl adjacent to an activating group) is 1. The second-order valence-corrected chi connectivity index (χ2v) is 4.23. The molecule has 1 heterocycles. The van der Waals surface area contributed by atoms with E-state index in [1.807, 2.05) is 14.0 Å². The molecule has 1 saturated heterocycles. The maximum absolute atomic E-state index is 11.1. The van der Waals surface area contributed by atoms with E-state index in [0.717, 1.165) is 13.0 Å². The Labute approximate surface area is 91.5 Å². The highest BCUT2D eigenvalue weighted by Crippen LogP contribution is 2.21. The van der Waals surface area contributed by atoms with Gasteiger partial charge in [0.2, 0.25) is 0 Å². The van der Waals surface area contributed by atoms with E-state index in [9.17, 15) is 4.79 Å². The lowest BCUT2D eigenvalue weighted by molar-refractivity contribution is -0.142. The van der Waals surface area contributed by atoms with Crippen molar-refractivity contribution in [2.75, 3.05) is 20.8 Å². The minimum atomic E-state index is -0.152. The first kappa shape index (κ1) is 12.5. The fourth-order valence-corrected chi connectivity index (χ4v) is 2.05. The summed E-state index contributed by atoms with van der Waals surface area (Å²) in [5.41, 5.74) is 0. The number of ether oxygens (including phenoxy) is 2. The highest BCUT2D eigenvalue weighted by Gasteiger charge is 2.30. The topological polar surface area (TPSA) is 38.8 Å². The third kappa shape index (κ3) is 3.18. The Morgan fingerprint density at radius 1 is 1.67 bits per heavy atom. The van der Waals surface area contributed by atoms with Crippen molar-refractivity contribution < 1.29 is 14.3 Å². The molecule has 4 nitrogen and oxygen atoms in total. The molecule has 88 valence electrons. The van der Waals surface area contributed by atoms with Crippen LogP contribution in [0.2, 0.25) is 0 Å². The summed E-state index contributed by atoms with van der Waals surface area (Å²) >= 11 is 0. The first-order chi connectivity index (χ1) is 7.06. The second-order valence-electron chi connectivity index (χ2n) is 4.23. The summed E-state index contributed by atoms with van der Waals surface area (Å²) in [6, 6.07) is 0.622. The number of esters is 1. The van der Waals surface area contributed by atoms with E-state index in [-0.39, 0.29) is 18.1 Å². The van der Waals surface area contributed by atoms with Crippen LogP contribution in [0.3, 0.4) is 0 Å². The molecule has 1 fully saturated rings. The molecule has 0 spiro atoms. The number of hydrogen-bond acceptors (Lipinski definition) is 4. The lowest BCUT2D eigenvalue weighted by atomic mass is 10.1. The van der Waals surface area contributed by atoms with E-state index >= 15 is 0 Å². The van der Waals surface area contributed by atoms with Crippen LogP contribution in [0.15, 0.2) is 0 Å². The molecule has 15 heavy (non-hydrogen) atoms. The molecule has 0 bridgehead atoms. The van der Waals surface area contributed by atoms with Crippen LogP contribution in [0.5, 0.6) is 0 Å². The predicted octanol–water partition coefficient (Wildman–Crippen LogP) is 1.05. The molecule has 0 aromatic rings. The molecule has 3 atom stereocenters. The molecule has 0 radical (unpaired) electrons. The highest BCUT2D eigenvalue weighted by atomic mass is 16.5. The lowest BCUT2D eigenvalue weighted by Crippen LogP contribution is -2.43. The zero-order chi connectivity index (χ0) is 11.4. The fraction of sp³-hybridized carbons (Fsp3) is 0.909. The number of rotatable bonds is 4. The summed E-state index contributed by atoms with van der Waals surface area (Å²) in [6.45, 7) is 4.95. The smallest absolute Gasteiger partial charge is 0.307 e. The Kier molecular flexibility index (Phi) is 4.54. The number of methoxy groups -OCH3 is 1. The average molecular weight is 215 g/mol. The van der Waals surface area contributed by atoms with Gasteiger partial charge in [-0.15, -0.1) is 0 Å². The SMILES string of the molecule is COC(=O)CC(C)N(C)C1CCOC1C. The summed E-state index contributed by atoms with van der Waals surface area (Å²) in [4.78, 5) is 13.4. The first-order valence-corrected chi connectivity index (χ1v) is 5.46. The van der Waals surface area contributed by atoms with Gasteiger partial charge in [-0.1, -0.05) is 0 Å². The molecule has 3 unspecified atom stereocenters. The van der Waals surface area contributed by atoms with Crippen LogP contribution >= 0.6 is 0 Å². The van der Waals surface area contributed by atoms with Crippen LogP contribution in [0.1, 0.15) is 26.7 Å². The predicted molar refractivity (Wildman–Crippen MR) is 57.7 cm³/mol. The number of carbonyl (C=O) groups excluding carboxylic acids is 1. The maximum Gasteiger partial charge on any atom is 0.307 e. The van der Waals surface area contributed by atoms with Gasteiger partial charge in [-0.25, -0.2) is 0 Å². The molecule has 1 aliphatic heterocycles. The van der Waals surface area contributed by atoms with Crippen LogP contribution in [0.25, 0.3) is 0 Å². The van der Waals surface area contributed by atoms with Crippen LogP contribution in [-0.4, -0.2) is 49.8 Å². The third-order valence-corrected chi connectivity index (χ3v) is 3.24. The van der Waals surface area contributed by atoms with Gasteiger partial charge in [-0.3, -0.25) is 9.69 Å². The Hall–Kier alpha value is -0.610. The molecular formula is C11H21NO3. The lowest BCUT2D eigenvalue weighted by Gasteiger charge is -2.31. The third-order valence-electron chi connectivity index (χ3n) is 3.24. The van der Waals surface area contributed by atoms with Crippen molar-refractivity contribution in [2.45, 2.75) is 44.9 Å². The molecule has 0 aliphatic carbocycles. The average Bonchev–Trinajstić information content (AvgIpc) is 2.63. The van der Waals surface area contributed by atoms with Gasteiger partial charge in [-0.05, 0) is 27.3 Å². The minimum Gasteiger partial charge on any atom is -0.469 e. The number of carbonyl (C=O) groups is 1. The van der Waals surface area contributed by atoms with E-state index < -0.39 is 0 Å². The molecule has 1 aliphatic rings. The van der Waals surface area contributed by atoms with Crippen LogP contribution in [0, 0.1) is 0 Å². The fourth-order valence-electron chi connectivity index (χ4n) is 2.05. The van der Waals surface area contributed by atoms with Gasteiger partial charge in [0.25, 0.3) is 0 Å². The van der Waals surface area contributed by atoms with Crippen molar-refractivity contribution in [3.05, 3.63) is 0 Å². The van der Waals surface area contributed by atoms with Crippen molar-refractivity contribution in [1.82, 2.24) is 4.90 Å². The summed E-state index contributed by atoms with van der Waals surface area (Å²) in [5.74, 6) is -0.152. The van der Waals surface area contributed by atoms with Gasteiger partial charge in [0, 0.05) is 18.7 Å². The standard InChI is InChI=1S/C11H21NO3/c1-8(7-11(13)14-4)12(3)10-5-6-15-9(10)2/h8-10H,5-7H2,1-4H3. The Morgan fingerprint density at radius 3 is 2.80 bits per heavy atom. The van der Waals surface area contributed by atoms with Gasteiger partial charge in [-0.2, -0.15) is 0 Å². The number of hydrogen-bond donors (Lipinski definition) is 0. The van der Waals surface area contributed by atoms with E-state index in [2.05, 4.69) is 16.6 Å². The van der Waals surface area contributed by atoms with Gasteiger partial charge in [0.15, 0.2) is 0 Å². The number of nitrogens with zero attached hydrogens (tertiary/aromatic N) is 1. The van der Waals surface area contributed by atoms with Crippen molar-refractivity contribution in [1.29, 1.82) is 0 Å². The van der Waals surface area contributed by atoms with Crippen LogP contribution < -0.4 is 0 Å². The molecule has 0 N–H and O–H groups in total. The minimum absolute atomic E-state index is 0.152. The molecule has 0 amide bonds. The van der Waals surface area contributed by atoms with Gasteiger partial charge >= 0.3 is 5.97 Å². The summed E-state index contributed by atoms with van der Waals surface area (Å²) in [6.07, 6.45) is 1.74. The molecule has 1 rings (SSSR count). The monoisotopic (exact) mass is 215 g/mol. The van der Waals surface area contributed by atoms with Gasteiger partial charge in [0.1, 0.15) is 0 Å². The van der Waals surface area contributed by atoms with Crippen molar-refractivity contribution in [2.24, 2.45) is 0 Å². The van der Waals surface area contributed by atoms with Crippen LogP contribution in [-0.2, 0) is 14.3 Å². The Morgan fingerprint density at radius 2 is 2.33 bits per heavy atom. The molecule has 0 aromatic carbocycles. The van der Waals surface area contributed by atoms with E-state index in [0.29, 0.717) is 12.5 Å². The van der Waals surface area contributed by atoms with Crippen molar-refractivity contribution in [3.8, 4) is 0 Å². The summed E-state index contributed by atoms with van der Waals surface area (Å²) in [7, 11) is 3.47. The van der Waals surface area contributed by atoms with Crippen LogP contribution in [0.4, 0.5) is 0 Å². The highest BCUT2D eigenvalue weighted by molar-refractivity contribution is 5.69. The van der Waals surface area contributed by atoms with E-state index in [1.54, 1.807) is 0 Å². The Bertz CT molecular complexity index is 220. The second kappa shape index (κ2) is 5.47. The quantitative estimate of drug-likeness (QED) is 0.657. The van der Waals surface area contributed by atoms with Gasteiger partial charge in [0.05, 0.1) is 19.6 Å². The first-order valence-electron chi connectivity index (χ1n) is 5.46. The zero-order valence-electron chi connectivity index (χ0n) is 10.0. The van der Waals surface area contributed by atoms with Crippen molar-refractivity contribution in [3.63, 3.8) is 0 Å². The molecular weight excluding hydrogens is 194 g/mol. The summed E-state index contributed by atoms with van der Waals surface area (Å²) in [5, 5.41) is 0. The van der Waals surface area contributed by atoms with E-state index in [4.69, 9.17) is 4.74 Å². The zero-order valence-corrected chi connectivity index (χ0v) is 10.0. The molecule has 4 heteroatoms. The molecule has 0 saturated carbocycles. The van der Waals surface area contributed by atoms with Gasteiger partial charge < -0.3 is 9.47 Å². The largest absolute Gasteiger partial charge is 0.469 e. The summed E-state index contributed by atoms with van der Waals surface area (Å²) < 4.78 is 10.2. The molecule has 0 aromatic heterocycles. The normalized spacial score (nSPS) is 28.1.